The Bertz CT molecular complexity index is 1070. The maximum absolute atomic E-state index is 12.5. The van der Waals surface area contributed by atoms with Crippen LogP contribution in [-0.4, -0.2) is 14.4 Å². The minimum absolute atomic E-state index is 0.0190. The van der Waals surface area contributed by atoms with Crippen LogP contribution in [0.2, 0.25) is 5.02 Å². The zero-order valence-electron chi connectivity index (χ0n) is 14.0. The normalized spacial score (nSPS) is 11.3. The fourth-order valence-corrected chi connectivity index (χ4v) is 3.67. The molecule has 0 amide bonds. The van der Waals surface area contributed by atoms with Crippen LogP contribution in [-0.2, 0) is 9.84 Å². The summed E-state index contributed by atoms with van der Waals surface area (Å²) < 4.78 is 35.6. The van der Waals surface area contributed by atoms with E-state index in [1.807, 2.05) is 26.0 Å². The maximum Gasteiger partial charge on any atom is 0.379 e. The van der Waals surface area contributed by atoms with Crippen LogP contribution in [0.4, 0.5) is 0 Å². The van der Waals surface area contributed by atoms with Crippen molar-refractivity contribution in [2.75, 3.05) is 0 Å². The van der Waals surface area contributed by atoms with E-state index in [9.17, 15) is 13.2 Å². The third-order valence-corrected chi connectivity index (χ3v) is 5.60. The molecule has 1 heterocycles. The van der Waals surface area contributed by atoms with E-state index < -0.39 is 15.8 Å². The number of halogens is 1. The second kappa shape index (κ2) is 6.97. The highest BCUT2D eigenvalue weighted by Gasteiger charge is 2.24. The molecule has 0 radical (unpaired) electrons. The van der Waals surface area contributed by atoms with Gasteiger partial charge in [-0.05, 0) is 61.9 Å². The number of benzene rings is 2. The molecule has 0 bridgehead atoms. The number of hydrogen-bond donors (Lipinski definition) is 0. The minimum Gasteiger partial charge on any atom is -0.437 e. The third-order valence-electron chi connectivity index (χ3n) is 3.70. The Labute approximate surface area is 156 Å². The van der Waals surface area contributed by atoms with E-state index in [1.54, 1.807) is 6.07 Å². The molecule has 3 aromatic rings. The number of aryl methyl sites for hydroxylation is 2. The highest BCUT2D eigenvalue weighted by Crippen LogP contribution is 2.25. The first kappa shape index (κ1) is 18.2. The Hall–Kier alpha value is -2.57. The van der Waals surface area contributed by atoms with Crippen molar-refractivity contribution >= 4 is 27.4 Å². The van der Waals surface area contributed by atoms with Gasteiger partial charge in [0, 0.05) is 5.02 Å². The van der Waals surface area contributed by atoms with Gasteiger partial charge in [-0.3, -0.25) is 0 Å². The smallest absolute Gasteiger partial charge is 0.379 e. The molecule has 0 aliphatic rings. The second-order valence-corrected chi connectivity index (χ2v) is 8.05. The summed E-state index contributed by atoms with van der Waals surface area (Å²) in [7, 11) is -3.89. The van der Waals surface area contributed by atoms with Gasteiger partial charge in [-0.1, -0.05) is 29.3 Å². The molecule has 5 nitrogen and oxygen atoms in total. The van der Waals surface area contributed by atoms with Gasteiger partial charge in [-0.25, -0.2) is 13.2 Å². The van der Waals surface area contributed by atoms with Gasteiger partial charge in [0.25, 0.3) is 0 Å². The lowest BCUT2D eigenvalue weighted by Gasteiger charge is -2.06. The Morgan fingerprint density at radius 2 is 1.69 bits per heavy atom. The fraction of sp³-hybridized carbons (Fsp3) is 0.105. The van der Waals surface area contributed by atoms with Crippen molar-refractivity contribution in [3.8, 4) is 5.75 Å². The molecule has 0 fully saturated rings. The Morgan fingerprint density at radius 3 is 2.35 bits per heavy atom. The topological polar surface area (TPSA) is 73.6 Å². The molecule has 2 aromatic carbocycles. The first-order valence-corrected chi connectivity index (χ1v) is 9.53. The highest BCUT2D eigenvalue weighted by atomic mass is 35.5. The van der Waals surface area contributed by atoms with E-state index in [4.69, 9.17) is 20.8 Å². The van der Waals surface area contributed by atoms with E-state index in [1.165, 1.54) is 36.4 Å². The predicted octanol–water partition coefficient (Wildman–Crippen LogP) is 4.60. The van der Waals surface area contributed by atoms with Crippen LogP contribution in [0.5, 0.6) is 5.75 Å². The molecule has 0 saturated carbocycles. The fourth-order valence-electron chi connectivity index (χ4n) is 2.37. The summed E-state index contributed by atoms with van der Waals surface area (Å²) in [5.41, 5.74) is 1.83. The average Bonchev–Trinajstić information content (AvgIpc) is 3.09. The first-order chi connectivity index (χ1) is 12.3. The van der Waals surface area contributed by atoms with Gasteiger partial charge in [-0.2, -0.15) is 0 Å². The van der Waals surface area contributed by atoms with Gasteiger partial charge < -0.3 is 9.15 Å². The molecule has 0 N–H and O–H groups in total. The van der Waals surface area contributed by atoms with Gasteiger partial charge >= 0.3 is 5.97 Å². The van der Waals surface area contributed by atoms with Gasteiger partial charge in [0.1, 0.15) is 5.75 Å². The molecule has 0 spiro atoms. The Morgan fingerprint density at radius 1 is 1.00 bits per heavy atom. The molecule has 1 aromatic heterocycles. The predicted molar refractivity (Wildman–Crippen MR) is 96.5 cm³/mol. The number of sulfone groups is 1. The largest absolute Gasteiger partial charge is 0.437 e. The lowest BCUT2D eigenvalue weighted by Crippen LogP contribution is -2.08. The standard InChI is InChI=1S/C19H15ClO5S/c1-12-3-8-16(13(2)11-12)25-19(21)17-9-10-18(24-17)26(22,23)15-6-4-14(20)5-7-15/h3-11H,1-2H3. The summed E-state index contributed by atoms with van der Waals surface area (Å²) in [5, 5.41) is 0.0773. The Kier molecular flexibility index (Phi) is 4.89. The molecule has 7 heteroatoms. The van der Waals surface area contributed by atoms with E-state index in [0.29, 0.717) is 10.8 Å². The summed E-state index contributed by atoms with van der Waals surface area (Å²) in [6, 6.07) is 13.5. The molecule has 0 unspecified atom stereocenters. The number of ether oxygens (including phenoxy) is 1. The summed E-state index contributed by atoms with van der Waals surface area (Å²) in [4.78, 5) is 12.3. The number of rotatable bonds is 4. The number of esters is 1. The van der Waals surface area contributed by atoms with Crippen LogP contribution in [0.3, 0.4) is 0 Å². The molecule has 0 atom stereocenters. The van der Waals surface area contributed by atoms with Crippen molar-refractivity contribution < 1.29 is 22.4 Å². The maximum atomic E-state index is 12.5. The van der Waals surface area contributed by atoms with Crippen LogP contribution in [0.1, 0.15) is 21.7 Å². The molecule has 0 aliphatic heterocycles. The van der Waals surface area contributed by atoms with Crippen molar-refractivity contribution in [3.63, 3.8) is 0 Å². The summed E-state index contributed by atoms with van der Waals surface area (Å²) in [6.45, 7) is 3.74. The van der Waals surface area contributed by atoms with E-state index >= 15 is 0 Å². The molecule has 26 heavy (non-hydrogen) atoms. The zero-order valence-corrected chi connectivity index (χ0v) is 15.6. The average molecular weight is 391 g/mol. The van der Waals surface area contributed by atoms with Gasteiger partial charge in [-0.15, -0.1) is 0 Å². The van der Waals surface area contributed by atoms with Crippen molar-refractivity contribution in [1.29, 1.82) is 0 Å². The van der Waals surface area contributed by atoms with Crippen molar-refractivity contribution in [1.82, 2.24) is 0 Å². The minimum atomic E-state index is -3.89. The summed E-state index contributed by atoms with van der Waals surface area (Å²) in [5.74, 6) is -0.578. The van der Waals surface area contributed by atoms with E-state index in [-0.39, 0.29) is 15.7 Å². The lowest BCUT2D eigenvalue weighted by atomic mass is 10.1. The van der Waals surface area contributed by atoms with E-state index in [2.05, 4.69) is 0 Å². The van der Waals surface area contributed by atoms with Gasteiger partial charge in [0.15, 0.2) is 0 Å². The van der Waals surface area contributed by atoms with Gasteiger partial charge in [0.05, 0.1) is 4.90 Å². The number of carbonyl (C=O) groups excluding carboxylic acids is 1. The lowest BCUT2D eigenvalue weighted by molar-refractivity contribution is 0.0694. The highest BCUT2D eigenvalue weighted by molar-refractivity contribution is 7.91. The second-order valence-electron chi connectivity index (χ2n) is 5.73. The van der Waals surface area contributed by atoms with Crippen LogP contribution >= 0.6 is 11.6 Å². The van der Waals surface area contributed by atoms with Crippen LogP contribution < -0.4 is 4.74 Å². The molecule has 0 aliphatic carbocycles. The van der Waals surface area contributed by atoms with E-state index in [0.717, 1.165) is 11.1 Å². The van der Waals surface area contributed by atoms with Crippen LogP contribution in [0, 0.1) is 13.8 Å². The molecular weight excluding hydrogens is 376 g/mol. The van der Waals surface area contributed by atoms with Crippen LogP contribution in [0.25, 0.3) is 0 Å². The monoisotopic (exact) mass is 390 g/mol. The summed E-state index contributed by atoms with van der Waals surface area (Å²) in [6.07, 6.45) is 0. The number of hydrogen-bond acceptors (Lipinski definition) is 5. The number of furan rings is 1. The quantitative estimate of drug-likeness (QED) is 0.480. The van der Waals surface area contributed by atoms with Gasteiger partial charge in [0.2, 0.25) is 20.7 Å². The SMILES string of the molecule is Cc1ccc(OC(=O)c2ccc(S(=O)(=O)c3ccc(Cl)cc3)o2)c(C)c1. The van der Waals surface area contributed by atoms with Crippen molar-refractivity contribution in [2.24, 2.45) is 0 Å². The number of carbonyl (C=O) groups is 1. The zero-order chi connectivity index (χ0) is 18.9. The first-order valence-electron chi connectivity index (χ1n) is 7.67. The Balaban J connectivity index is 1.85. The molecule has 0 saturated heterocycles. The molecule has 3 rings (SSSR count). The third kappa shape index (κ3) is 3.66. The van der Waals surface area contributed by atoms with Crippen LogP contribution in [0.15, 0.2) is 69.0 Å². The summed E-state index contributed by atoms with van der Waals surface area (Å²) >= 11 is 5.77. The van der Waals surface area contributed by atoms with Crippen molar-refractivity contribution in [2.45, 2.75) is 23.8 Å². The van der Waals surface area contributed by atoms with Crippen molar-refractivity contribution in [3.05, 3.63) is 76.5 Å². The molecular formula is C19H15ClO5S. The molecule has 134 valence electrons.